The third kappa shape index (κ3) is 3.34. The van der Waals surface area contributed by atoms with Crippen LogP contribution < -0.4 is 10.1 Å². The molecule has 0 saturated carbocycles. The van der Waals surface area contributed by atoms with Crippen molar-refractivity contribution in [3.63, 3.8) is 0 Å². The van der Waals surface area contributed by atoms with Gasteiger partial charge in [0.15, 0.2) is 0 Å². The lowest BCUT2D eigenvalue weighted by Crippen LogP contribution is -2.28. The third-order valence-corrected chi connectivity index (χ3v) is 3.01. The second-order valence-electron chi connectivity index (χ2n) is 4.65. The summed E-state index contributed by atoms with van der Waals surface area (Å²) in [5.41, 5.74) is 1.96. The van der Waals surface area contributed by atoms with Crippen molar-refractivity contribution in [2.75, 3.05) is 7.11 Å². The number of hydrogen-bond acceptors (Lipinski definition) is 4. The molecular weight excluding hydrogens is 256 g/mol. The number of aromatic amines is 1. The molecule has 106 valence electrons. The molecule has 0 spiro atoms. The van der Waals surface area contributed by atoms with Crippen LogP contribution in [0.1, 0.15) is 29.9 Å². The first-order valence-corrected chi connectivity index (χ1v) is 6.38. The van der Waals surface area contributed by atoms with E-state index in [2.05, 4.69) is 20.5 Å². The summed E-state index contributed by atoms with van der Waals surface area (Å²) < 4.78 is 5.27. The van der Waals surface area contributed by atoms with Crippen LogP contribution in [0.2, 0.25) is 0 Å². The molecule has 0 bridgehead atoms. The van der Waals surface area contributed by atoms with Crippen molar-refractivity contribution in [2.24, 2.45) is 0 Å². The van der Waals surface area contributed by atoms with E-state index in [-0.39, 0.29) is 18.4 Å². The van der Waals surface area contributed by atoms with Gasteiger partial charge in [-0.25, -0.2) is 4.98 Å². The molecule has 0 radical (unpaired) electrons. The minimum atomic E-state index is -0.208. The number of nitrogens with zero attached hydrogens (tertiary/aromatic N) is 2. The normalized spacial score (nSPS) is 11.9. The highest BCUT2D eigenvalue weighted by atomic mass is 16.5. The van der Waals surface area contributed by atoms with Crippen LogP contribution in [-0.4, -0.2) is 28.2 Å². The van der Waals surface area contributed by atoms with Gasteiger partial charge >= 0.3 is 0 Å². The number of ether oxygens (including phenoxy) is 1. The number of amides is 1. The van der Waals surface area contributed by atoms with Crippen molar-refractivity contribution in [3.05, 3.63) is 41.5 Å². The molecule has 2 aromatic rings. The number of aryl methyl sites for hydroxylation is 1. The lowest BCUT2D eigenvalue weighted by Gasteiger charge is -2.13. The average Bonchev–Trinajstić information content (AvgIpc) is 2.92. The summed E-state index contributed by atoms with van der Waals surface area (Å²) in [5, 5.41) is 9.38. The first-order valence-electron chi connectivity index (χ1n) is 6.38. The topological polar surface area (TPSA) is 79.9 Å². The maximum absolute atomic E-state index is 12.1. The number of methoxy groups -OCH3 is 1. The predicted molar refractivity (Wildman–Crippen MR) is 74.4 cm³/mol. The van der Waals surface area contributed by atoms with E-state index in [0.29, 0.717) is 5.82 Å². The van der Waals surface area contributed by atoms with Crippen LogP contribution in [0.5, 0.6) is 5.75 Å². The second kappa shape index (κ2) is 6.18. The van der Waals surface area contributed by atoms with Gasteiger partial charge in [-0.1, -0.05) is 17.7 Å². The van der Waals surface area contributed by atoms with E-state index in [0.717, 1.165) is 16.9 Å². The van der Waals surface area contributed by atoms with Crippen LogP contribution in [0.3, 0.4) is 0 Å². The van der Waals surface area contributed by atoms with Gasteiger partial charge in [0.05, 0.1) is 19.6 Å². The summed E-state index contributed by atoms with van der Waals surface area (Å²) in [6, 6.07) is 5.58. The largest absolute Gasteiger partial charge is 0.496 e. The highest BCUT2D eigenvalue weighted by Gasteiger charge is 2.14. The molecule has 1 unspecified atom stereocenters. The number of carbonyl (C=O) groups excluding carboxylic acids is 1. The molecule has 0 aliphatic rings. The van der Waals surface area contributed by atoms with Crippen LogP contribution in [-0.2, 0) is 11.2 Å². The first-order chi connectivity index (χ1) is 9.60. The van der Waals surface area contributed by atoms with Crippen molar-refractivity contribution in [1.82, 2.24) is 20.5 Å². The Hall–Kier alpha value is -2.37. The Labute approximate surface area is 117 Å². The maximum atomic E-state index is 12.1. The van der Waals surface area contributed by atoms with E-state index >= 15 is 0 Å². The molecule has 0 aliphatic heterocycles. The van der Waals surface area contributed by atoms with Gasteiger partial charge in [-0.05, 0) is 19.9 Å². The molecule has 6 heteroatoms. The van der Waals surface area contributed by atoms with Crippen molar-refractivity contribution < 1.29 is 9.53 Å². The fourth-order valence-corrected chi connectivity index (χ4v) is 2.00. The molecule has 0 fully saturated rings. The summed E-state index contributed by atoms with van der Waals surface area (Å²) in [4.78, 5) is 16.1. The number of nitrogens with one attached hydrogen (secondary N) is 2. The Morgan fingerprint density at radius 2 is 2.30 bits per heavy atom. The van der Waals surface area contributed by atoms with E-state index in [1.807, 2.05) is 32.0 Å². The van der Waals surface area contributed by atoms with Crippen LogP contribution in [0.4, 0.5) is 0 Å². The van der Waals surface area contributed by atoms with Gasteiger partial charge in [0.25, 0.3) is 0 Å². The van der Waals surface area contributed by atoms with Crippen molar-refractivity contribution in [1.29, 1.82) is 0 Å². The molecule has 6 nitrogen and oxygen atoms in total. The average molecular weight is 274 g/mol. The monoisotopic (exact) mass is 274 g/mol. The van der Waals surface area contributed by atoms with E-state index in [9.17, 15) is 4.79 Å². The fourth-order valence-electron chi connectivity index (χ4n) is 2.00. The number of benzene rings is 1. The summed E-state index contributed by atoms with van der Waals surface area (Å²) >= 11 is 0. The standard InChI is InChI=1S/C14H18N4O2/c1-9-4-5-12(20-3)11(6-9)7-13(19)17-10(2)14-15-8-16-18-14/h4-6,8,10H,7H2,1-3H3,(H,17,19)(H,15,16,18). The van der Waals surface area contributed by atoms with Gasteiger partial charge < -0.3 is 10.1 Å². The van der Waals surface area contributed by atoms with Gasteiger partial charge in [-0.3, -0.25) is 9.89 Å². The number of H-pyrrole nitrogens is 1. The molecule has 1 aromatic heterocycles. The van der Waals surface area contributed by atoms with Gasteiger partial charge in [0, 0.05) is 5.56 Å². The predicted octanol–water partition coefficient (Wildman–Crippen LogP) is 1.54. The zero-order chi connectivity index (χ0) is 14.5. The molecule has 0 saturated heterocycles. The summed E-state index contributed by atoms with van der Waals surface area (Å²) in [6.45, 7) is 3.84. The van der Waals surface area contributed by atoms with Gasteiger partial charge in [-0.2, -0.15) is 5.10 Å². The third-order valence-electron chi connectivity index (χ3n) is 3.01. The Bertz CT molecular complexity index is 581. The molecule has 1 amide bonds. The smallest absolute Gasteiger partial charge is 0.225 e. The van der Waals surface area contributed by atoms with Gasteiger partial charge in [-0.15, -0.1) is 0 Å². The van der Waals surface area contributed by atoms with Crippen LogP contribution in [0.25, 0.3) is 0 Å². The Kier molecular flexibility index (Phi) is 4.34. The van der Waals surface area contributed by atoms with Gasteiger partial charge in [0.2, 0.25) is 5.91 Å². The molecule has 20 heavy (non-hydrogen) atoms. The SMILES string of the molecule is COc1ccc(C)cc1CC(=O)NC(C)c1ncn[nH]1. The van der Waals surface area contributed by atoms with E-state index in [1.165, 1.54) is 6.33 Å². The first kappa shape index (κ1) is 14.0. The Morgan fingerprint density at radius 3 is 2.95 bits per heavy atom. The van der Waals surface area contributed by atoms with Crippen molar-refractivity contribution in [3.8, 4) is 5.75 Å². The van der Waals surface area contributed by atoms with Crippen molar-refractivity contribution >= 4 is 5.91 Å². The Balaban J connectivity index is 2.03. The summed E-state index contributed by atoms with van der Waals surface area (Å²) in [7, 11) is 1.60. The summed E-state index contributed by atoms with van der Waals surface area (Å²) in [5.74, 6) is 1.27. The van der Waals surface area contributed by atoms with Crippen LogP contribution in [0, 0.1) is 6.92 Å². The molecule has 1 heterocycles. The zero-order valence-corrected chi connectivity index (χ0v) is 11.8. The fraction of sp³-hybridized carbons (Fsp3) is 0.357. The number of hydrogen-bond donors (Lipinski definition) is 2. The van der Waals surface area contributed by atoms with Crippen LogP contribution in [0.15, 0.2) is 24.5 Å². The highest BCUT2D eigenvalue weighted by molar-refractivity contribution is 5.79. The van der Waals surface area contributed by atoms with E-state index < -0.39 is 0 Å². The molecule has 1 aromatic carbocycles. The molecule has 0 aliphatic carbocycles. The van der Waals surface area contributed by atoms with E-state index in [1.54, 1.807) is 7.11 Å². The minimum Gasteiger partial charge on any atom is -0.496 e. The number of carbonyl (C=O) groups is 1. The molecule has 1 atom stereocenters. The molecule has 2 N–H and O–H groups in total. The second-order valence-corrected chi connectivity index (χ2v) is 4.65. The summed E-state index contributed by atoms with van der Waals surface area (Å²) in [6.07, 6.45) is 1.69. The molecule has 2 rings (SSSR count). The minimum absolute atomic E-state index is 0.0854. The lowest BCUT2D eigenvalue weighted by molar-refractivity contribution is -0.121. The van der Waals surface area contributed by atoms with Crippen molar-refractivity contribution in [2.45, 2.75) is 26.3 Å². The number of rotatable bonds is 5. The quantitative estimate of drug-likeness (QED) is 0.866. The van der Waals surface area contributed by atoms with Gasteiger partial charge in [0.1, 0.15) is 17.9 Å². The number of aromatic nitrogens is 3. The maximum Gasteiger partial charge on any atom is 0.225 e. The van der Waals surface area contributed by atoms with Crippen LogP contribution >= 0.6 is 0 Å². The Morgan fingerprint density at radius 1 is 1.50 bits per heavy atom. The molecular formula is C14H18N4O2. The van der Waals surface area contributed by atoms with E-state index in [4.69, 9.17) is 4.74 Å². The zero-order valence-electron chi connectivity index (χ0n) is 11.8. The lowest BCUT2D eigenvalue weighted by atomic mass is 10.1. The highest BCUT2D eigenvalue weighted by Crippen LogP contribution is 2.20.